The predicted molar refractivity (Wildman–Crippen MR) is 90.4 cm³/mol. The number of alkyl halides is 3. The summed E-state index contributed by atoms with van der Waals surface area (Å²) in [5.41, 5.74) is 0.570. The molecule has 1 unspecified atom stereocenters. The molecule has 3 aromatic rings. The third-order valence-electron chi connectivity index (χ3n) is 4.70. The van der Waals surface area contributed by atoms with Gasteiger partial charge in [-0.3, -0.25) is 0 Å². The van der Waals surface area contributed by atoms with Crippen molar-refractivity contribution in [2.24, 2.45) is 0 Å². The van der Waals surface area contributed by atoms with Crippen molar-refractivity contribution in [3.05, 3.63) is 29.2 Å². The SMILES string of the molecule is Cc1cc(N2CCn3c(C(C)C)nnc3C2C)n2nc(C(F)(F)F)nc2n1. The minimum atomic E-state index is -4.63. The lowest BCUT2D eigenvalue weighted by Gasteiger charge is -2.35. The summed E-state index contributed by atoms with van der Waals surface area (Å²) >= 11 is 0. The third kappa shape index (κ3) is 2.81. The molecule has 11 heteroatoms. The number of aromatic nitrogens is 7. The summed E-state index contributed by atoms with van der Waals surface area (Å²) in [5, 5.41) is 12.3. The standard InChI is InChI=1S/C16H19F3N8/c1-8(2)12-22-23-13-10(4)25(5-6-26(12)13)11-7-9(3)20-15-21-14(16(17,18)19)24-27(11)15/h7-8,10H,5-6H2,1-4H3. The molecule has 144 valence electrons. The molecule has 0 N–H and O–H groups in total. The summed E-state index contributed by atoms with van der Waals surface area (Å²) in [6.45, 7) is 9.01. The van der Waals surface area contributed by atoms with Crippen molar-refractivity contribution in [1.82, 2.24) is 34.3 Å². The van der Waals surface area contributed by atoms with Crippen molar-refractivity contribution < 1.29 is 13.2 Å². The van der Waals surface area contributed by atoms with E-state index in [4.69, 9.17) is 0 Å². The number of anilines is 1. The molecule has 0 bridgehead atoms. The molecule has 0 aliphatic carbocycles. The molecule has 0 saturated carbocycles. The zero-order valence-electron chi connectivity index (χ0n) is 15.4. The average molecular weight is 380 g/mol. The molecule has 0 aromatic carbocycles. The Hall–Kier alpha value is -2.72. The van der Waals surface area contributed by atoms with Crippen LogP contribution in [0.25, 0.3) is 5.78 Å². The molecule has 4 rings (SSSR count). The molecule has 1 aliphatic heterocycles. The van der Waals surface area contributed by atoms with Crippen LogP contribution in [0, 0.1) is 6.92 Å². The van der Waals surface area contributed by atoms with Crippen LogP contribution in [0.3, 0.4) is 0 Å². The molecule has 1 aliphatic rings. The minimum absolute atomic E-state index is 0.0700. The second kappa shape index (κ2) is 5.89. The smallest absolute Gasteiger partial charge is 0.345 e. The van der Waals surface area contributed by atoms with Gasteiger partial charge in [-0.2, -0.15) is 22.7 Å². The van der Waals surface area contributed by atoms with Gasteiger partial charge < -0.3 is 9.47 Å². The van der Waals surface area contributed by atoms with E-state index in [9.17, 15) is 13.2 Å². The molecular weight excluding hydrogens is 361 g/mol. The van der Waals surface area contributed by atoms with E-state index in [0.717, 1.165) is 16.2 Å². The lowest BCUT2D eigenvalue weighted by molar-refractivity contribution is -0.144. The van der Waals surface area contributed by atoms with Crippen LogP contribution in [0.4, 0.5) is 19.0 Å². The zero-order chi connectivity index (χ0) is 19.5. The molecule has 3 aromatic heterocycles. The first-order valence-electron chi connectivity index (χ1n) is 8.68. The van der Waals surface area contributed by atoms with Gasteiger partial charge in [0, 0.05) is 30.8 Å². The van der Waals surface area contributed by atoms with Crippen LogP contribution >= 0.6 is 0 Å². The maximum Gasteiger partial charge on any atom is 0.453 e. The van der Waals surface area contributed by atoms with E-state index in [1.54, 1.807) is 13.0 Å². The fourth-order valence-electron chi connectivity index (χ4n) is 3.44. The normalized spacial score (nSPS) is 17.8. The first-order chi connectivity index (χ1) is 12.7. The van der Waals surface area contributed by atoms with Gasteiger partial charge in [0.2, 0.25) is 0 Å². The van der Waals surface area contributed by atoms with Crippen LogP contribution < -0.4 is 4.90 Å². The Labute approximate surface area is 153 Å². The summed E-state index contributed by atoms with van der Waals surface area (Å²) in [4.78, 5) is 9.61. The topological polar surface area (TPSA) is 77.0 Å². The lowest BCUT2D eigenvalue weighted by Crippen LogP contribution is -2.39. The Morgan fingerprint density at radius 2 is 1.89 bits per heavy atom. The van der Waals surface area contributed by atoms with Gasteiger partial charge in [0.25, 0.3) is 11.6 Å². The van der Waals surface area contributed by atoms with Crippen LogP contribution in [0.5, 0.6) is 0 Å². The van der Waals surface area contributed by atoms with Gasteiger partial charge in [-0.25, -0.2) is 4.98 Å². The van der Waals surface area contributed by atoms with Crippen molar-refractivity contribution >= 4 is 11.6 Å². The van der Waals surface area contributed by atoms with Gasteiger partial charge >= 0.3 is 6.18 Å². The highest BCUT2D eigenvalue weighted by atomic mass is 19.4. The number of hydrogen-bond donors (Lipinski definition) is 0. The summed E-state index contributed by atoms with van der Waals surface area (Å²) in [6.07, 6.45) is -4.63. The van der Waals surface area contributed by atoms with E-state index in [0.29, 0.717) is 24.6 Å². The number of hydrogen-bond acceptors (Lipinski definition) is 6. The molecule has 0 saturated heterocycles. The van der Waals surface area contributed by atoms with Crippen LogP contribution in [0.1, 0.15) is 55.9 Å². The third-order valence-corrected chi connectivity index (χ3v) is 4.70. The van der Waals surface area contributed by atoms with E-state index < -0.39 is 12.0 Å². The highest BCUT2D eigenvalue weighted by Crippen LogP contribution is 2.33. The molecule has 0 radical (unpaired) electrons. The van der Waals surface area contributed by atoms with Gasteiger partial charge in [-0.15, -0.1) is 15.3 Å². The Kier molecular flexibility index (Phi) is 3.86. The van der Waals surface area contributed by atoms with Gasteiger partial charge in [-0.1, -0.05) is 13.8 Å². The van der Waals surface area contributed by atoms with Crippen molar-refractivity contribution in [3.63, 3.8) is 0 Å². The first-order valence-corrected chi connectivity index (χ1v) is 8.68. The first kappa shape index (κ1) is 17.7. The number of halogens is 3. The maximum absolute atomic E-state index is 13.1. The van der Waals surface area contributed by atoms with Crippen molar-refractivity contribution in [1.29, 1.82) is 0 Å². The van der Waals surface area contributed by atoms with Crippen LogP contribution in [-0.2, 0) is 12.7 Å². The maximum atomic E-state index is 13.1. The number of nitrogens with zero attached hydrogens (tertiary/aromatic N) is 8. The molecule has 27 heavy (non-hydrogen) atoms. The summed E-state index contributed by atoms with van der Waals surface area (Å²) in [6, 6.07) is 1.54. The fourth-order valence-corrected chi connectivity index (χ4v) is 3.44. The quantitative estimate of drug-likeness (QED) is 0.680. The largest absolute Gasteiger partial charge is 0.453 e. The van der Waals surface area contributed by atoms with Crippen LogP contribution in [-0.4, -0.2) is 40.9 Å². The minimum Gasteiger partial charge on any atom is -0.345 e. The second-order valence-corrected chi connectivity index (χ2v) is 6.99. The highest BCUT2D eigenvalue weighted by molar-refractivity contribution is 5.49. The van der Waals surface area contributed by atoms with Crippen molar-refractivity contribution in [3.8, 4) is 0 Å². The van der Waals surface area contributed by atoms with Crippen molar-refractivity contribution in [2.45, 2.75) is 52.4 Å². The zero-order valence-corrected chi connectivity index (χ0v) is 15.4. The second-order valence-electron chi connectivity index (χ2n) is 6.99. The van der Waals surface area contributed by atoms with E-state index in [-0.39, 0.29) is 17.7 Å². The van der Waals surface area contributed by atoms with E-state index >= 15 is 0 Å². The monoisotopic (exact) mass is 380 g/mol. The predicted octanol–water partition coefficient (Wildman–Crippen LogP) is 2.75. The van der Waals surface area contributed by atoms with Gasteiger partial charge in [-0.05, 0) is 13.8 Å². The number of fused-ring (bicyclic) bond motifs is 2. The van der Waals surface area contributed by atoms with E-state index in [1.165, 1.54) is 0 Å². The summed E-state index contributed by atoms with van der Waals surface area (Å²) in [5.74, 6) is 1.17. The molecule has 8 nitrogen and oxygen atoms in total. The molecule has 4 heterocycles. The van der Waals surface area contributed by atoms with E-state index in [1.807, 2.05) is 11.8 Å². The molecule has 0 fully saturated rings. The molecule has 0 spiro atoms. The van der Waals surface area contributed by atoms with Gasteiger partial charge in [0.05, 0.1) is 6.04 Å². The lowest BCUT2D eigenvalue weighted by atomic mass is 10.1. The average Bonchev–Trinajstić information content (AvgIpc) is 3.18. The van der Waals surface area contributed by atoms with Gasteiger partial charge in [0.1, 0.15) is 11.6 Å². The number of aryl methyl sites for hydroxylation is 1. The Balaban J connectivity index is 1.81. The van der Waals surface area contributed by atoms with Crippen molar-refractivity contribution in [2.75, 3.05) is 11.4 Å². The molecule has 1 atom stereocenters. The van der Waals surface area contributed by atoms with E-state index in [2.05, 4.69) is 43.7 Å². The molecule has 0 amide bonds. The van der Waals surface area contributed by atoms with Gasteiger partial charge in [0.15, 0.2) is 5.82 Å². The van der Waals surface area contributed by atoms with Crippen LogP contribution in [0.2, 0.25) is 0 Å². The molecular formula is C16H19F3N8. The Morgan fingerprint density at radius 1 is 1.15 bits per heavy atom. The van der Waals surface area contributed by atoms with Crippen LogP contribution in [0.15, 0.2) is 6.07 Å². The Morgan fingerprint density at radius 3 is 2.56 bits per heavy atom. The Bertz CT molecular complexity index is 1000. The number of rotatable bonds is 2. The summed E-state index contributed by atoms with van der Waals surface area (Å²) in [7, 11) is 0. The summed E-state index contributed by atoms with van der Waals surface area (Å²) < 4.78 is 42.4. The highest BCUT2D eigenvalue weighted by Gasteiger charge is 2.38. The fraction of sp³-hybridized carbons (Fsp3) is 0.562.